The number of halogens is 1. The van der Waals surface area contributed by atoms with E-state index in [-0.39, 0.29) is 10.9 Å². The number of carbonyl (C=O) groups excluding carboxylic acids is 1. The van der Waals surface area contributed by atoms with Crippen LogP contribution in [0.2, 0.25) is 0 Å². The number of ether oxygens (including phenoxy) is 1. The lowest BCUT2D eigenvalue weighted by Gasteiger charge is -2.35. The Labute approximate surface area is 148 Å². The number of piperazine rings is 1. The van der Waals surface area contributed by atoms with Gasteiger partial charge < -0.3 is 15.0 Å². The predicted octanol–water partition coefficient (Wildman–Crippen LogP) is 3.02. The zero-order valence-corrected chi connectivity index (χ0v) is 16.2. The average Bonchev–Trinajstić information content (AvgIpc) is 2.43. The highest BCUT2D eigenvalue weighted by atomic mass is 32.2. The van der Waals surface area contributed by atoms with Crippen molar-refractivity contribution in [3.8, 4) is 0 Å². The van der Waals surface area contributed by atoms with E-state index in [1.165, 1.54) is 12.3 Å². The largest absolute Gasteiger partial charge is 0.442 e. The molecule has 0 spiro atoms. The number of anilines is 1. The molecule has 1 fully saturated rings. The molecule has 140 valence electrons. The van der Waals surface area contributed by atoms with Gasteiger partial charge in [0.25, 0.3) is 0 Å². The Hall–Kier alpha value is -1.67. The molecule has 1 aromatic carbocycles. The fraction of sp³-hybridized carbons (Fsp3) is 0.588. The summed E-state index contributed by atoms with van der Waals surface area (Å²) in [6.45, 7) is 9.14. The Morgan fingerprint density at radius 2 is 2.12 bits per heavy atom. The van der Waals surface area contributed by atoms with E-state index < -0.39 is 27.2 Å². The summed E-state index contributed by atoms with van der Waals surface area (Å²) >= 11 is 0. The van der Waals surface area contributed by atoms with Gasteiger partial charge in [-0.3, -0.25) is 0 Å². The summed E-state index contributed by atoms with van der Waals surface area (Å²) < 4.78 is 36.4. The van der Waals surface area contributed by atoms with Crippen molar-refractivity contribution >= 4 is 21.5 Å². The molecule has 0 radical (unpaired) electrons. The lowest BCUT2D eigenvalue weighted by Crippen LogP contribution is -2.49. The van der Waals surface area contributed by atoms with Crippen LogP contribution in [0.4, 0.5) is 14.9 Å². The van der Waals surface area contributed by atoms with Crippen LogP contribution in [-0.2, 0) is 14.5 Å². The summed E-state index contributed by atoms with van der Waals surface area (Å²) in [5, 5.41) is 3.31. The van der Waals surface area contributed by atoms with Gasteiger partial charge in [-0.2, -0.15) is 0 Å². The van der Waals surface area contributed by atoms with E-state index in [1.54, 1.807) is 32.9 Å². The van der Waals surface area contributed by atoms with Crippen molar-refractivity contribution in [2.75, 3.05) is 30.8 Å². The summed E-state index contributed by atoms with van der Waals surface area (Å²) in [4.78, 5) is 13.9. The predicted molar refractivity (Wildman–Crippen MR) is 97.1 cm³/mol. The minimum Gasteiger partial charge on any atom is -0.442 e. The number of rotatable bonds is 2. The van der Waals surface area contributed by atoms with Crippen LogP contribution in [0.15, 0.2) is 27.5 Å². The van der Waals surface area contributed by atoms with Gasteiger partial charge in [-0.15, -0.1) is 4.36 Å². The number of hydrogen-bond acceptors (Lipinski definition) is 5. The molecule has 0 saturated carbocycles. The number of carbonyl (C=O) groups is 1. The van der Waals surface area contributed by atoms with Gasteiger partial charge in [0.05, 0.1) is 15.4 Å². The van der Waals surface area contributed by atoms with Crippen molar-refractivity contribution in [1.82, 2.24) is 5.32 Å². The highest BCUT2D eigenvalue weighted by molar-refractivity contribution is 7.93. The Balaban J connectivity index is 2.47. The van der Waals surface area contributed by atoms with Crippen molar-refractivity contribution < 1.29 is 18.1 Å². The van der Waals surface area contributed by atoms with Gasteiger partial charge in [0, 0.05) is 31.9 Å². The summed E-state index contributed by atoms with van der Waals surface area (Å²) in [7, 11) is -3.30. The molecule has 1 amide bonds. The van der Waals surface area contributed by atoms with E-state index in [0.29, 0.717) is 18.8 Å². The van der Waals surface area contributed by atoms with Gasteiger partial charge >= 0.3 is 6.09 Å². The second kappa shape index (κ2) is 7.29. The Kier molecular flexibility index (Phi) is 5.73. The zero-order valence-electron chi connectivity index (χ0n) is 15.3. The van der Waals surface area contributed by atoms with E-state index in [1.807, 2.05) is 11.8 Å². The summed E-state index contributed by atoms with van der Waals surface area (Å²) in [6, 6.07) is 4.74. The SMILES string of the molecule is C[C@H]1CN(c2cccc(F)c2[S@](C)(=O)=NC(=O)OC(C)(C)C)CCN1. The molecule has 1 aliphatic heterocycles. The minimum absolute atomic E-state index is 0.0463. The molecular weight excluding hydrogens is 345 g/mol. The quantitative estimate of drug-likeness (QED) is 0.865. The molecule has 0 bridgehead atoms. The number of benzene rings is 1. The van der Waals surface area contributed by atoms with E-state index in [2.05, 4.69) is 9.68 Å². The van der Waals surface area contributed by atoms with Crippen LogP contribution in [-0.4, -0.2) is 47.8 Å². The van der Waals surface area contributed by atoms with Gasteiger partial charge in [0.1, 0.15) is 16.3 Å². The molecule has 2 atom stereocenters. The highest BCUT2D eigenvalue weighted by Gasteiger charge is 2.26. The fourth-order valence-electron chi connectivity index (χ4n) is 2.74. The molecule has 1 saturated heterocycles. The van der Waals surface area contributed by atoms with E-state index >= 15 is 0 Å². The highest BCUT2D eigenvalue weighted by Crippen LogP contribution is 2.30. The van der Waals surface area contributed by atoms with Crippen LogP contribution in [0.5, 0.6) is 0 Å². The summed E-state index contributed by atoms with van der Waals surface area (Å²) in [6.07, 6.45) is 0.313. The van der Waals surface area contributed by atoms with Gasteiger partial charge in [-0.1, -0.05) is 6.07 Å². The second-order valence-electron chi connectivity index (χ2n) is 7.26. The molecule has 25 heavy (non-hydrogen) atoms. The maximum Gasteiger partial charge on any atom is 0.442 e. The topological polar surface area (TPSA) is 71.0 Å². The smallest absolute Gasteiger partial charge is 0.442 e. The third-order valence-corrected chi connectivity index (χ3v) is 5.34. The third kappa shape index (κ3) is 5.15. The number of nitrogens with one attached hydrogen (secondary N) is 1. The molecule has 0 unspecified atom stereocenters. The normalized spacial score (nSPS) is 20.7. The van der Waals surface area contributed by atoms with Gasteiger partial charge in [0.2, 0.25) is 0 Å². The first kappa shape index (κ1) is 19.7. The molecule has 1 aliphatic rings. The van der Waals surface area contributed by atoms with Gasteiger partial charge in [0.15, 0.2) is 0 Å². The second-order valence-corrected chi connectivity index (χ2v) is 9.46. The molecule has 1 N–H and O–H groups in total. The monoisotopic (exact) mass is 371 g/mol. The van der Waals surface area contributed by atoms with Gasteiger partial charge in [-0.25, -0.2) is 13.4 Å². The molecule has 0 aliphatic carbocycles. The molecule has 0 aromatic heterocycles. The van der Waals surface area contributed by atoms with Gasteiger partial charge in [-0.05, 0) is 39.8 Å². The third-order valence-electron chi connectivity index (χ3n) is 3.68. The Morgan fingerprint density at radius 3 is 2.72 bits per heavy atom. The van der Waals surface area contributed by atoms with E-state index in [0.717, 1.165) is 6.54 Å². The van der Waals surface area contributed by atoms with Crippen molar-refractivity contribution in [3.63, 3.8) is 0 Å². The average molecular weight is 371 g/mol. The van der Waals surface area contributed by atoms with Crippen molar-refractivity contribution in [1.29, 1.82) is 0 Å². The first-order chi connectivity index (χ1) is 11.5. The van der Waals surface area contributed by atoms with Crippen LogP contribution >= 0.6 is 0 Å². The molecule has 1 heterocycles. The Bertz CT molecular complexity index is 767. The number of amides is 1. The lowest BCUT2D eigenvalue weighted by molar-refractivity contribution is 0.0607. The van der Waals surface area contributed by atoms with Crippen LogP contribution < -0.4 is 10.2 Å². The summed E-state index contributed by atoms with van der Waals surface area (Å²) in [5.74, 6) is -0.636. The van der Waals surface area contributed by atoms with Crippen LogP contribution in [0.25, 0.3) is 0 Å². The molecular formula is C17H26FN3O3S. The van der Waals surface area contributed by atoms with Crippen LogP contribution in [0.3, 0.4) is 0 Å². The number of nitrogens with zero attached hydrogens (tertiary/aromatic N) is 2. The molecule has 8 heteroatoms. The Morgan fingerprint density at radius 1 is 1.44 bits per heavy atom. The molecule has 2 rings (SSSR count). The van der Waals surface area contributed by atoms with E-state index in [9.17, 15) is 13.4 Å². The maximum absolute atomic E-state index is 14.6. The fourth-order valence-corrected chi connectivity index (χ4v) is 4.17. The van der Waals surface area contributed by atoms with Crippen LogP contribution in [0.1, 0.15) is 27.7 Å². The van der Waals surface area contributed by atoms with Crippen molar-refractivity contribution in [2.45, 2.75) is 44.2 Å². The summed E-state index contributed by atoms with van der Waals surface area (Å²) in [5.41, 5.74) is -0.254. The molecule has 1 aromatic rings. The lowest BCUT2D eigenvalue weighted by atomic mass is 10.2. The standard InChI is InChI=1S/C17H26FN3O3S/c1-12-11-21(10-9-19-12)14-8-6-7-13(18)15(14)25(5,23)20-16(22)24-17(2,3)4/h6-8,12,19H,9-11H2,1-5H3/t12-,25-/m0/s1. The first-order valence-electron chi connectivity index (χ1n) is 8.21. The van der Waals surface area contributed by atoms with Crippen molar-refractivity contribution in [2.24, 2.45) is 4.36 Å². The van der Waals surface area contributed by atoms with Crippen LogP contribution in [0, 0.1) is 5.82 Å². The first-order valence-corrected chi connectivity index (χ1v) is 10.1. The van der Waals surface area contributed by atoms with Crippen molar-refractivity contribution in [3.05, 3.63) is 24.0 Å². The van der Waals surface area contributed by atoms with E-state index in [4.69, 9.17) is 4.74 Å². The zero-order chi connectivity index (χ0) is 18.8. The number of hydrogen-bond donors (Lipinski definition) is 1. The molecule has 6 nitrogen and oxygen atoms in total. The maximum atomic E-state index is 14.6. The minimum atomic E-state index is -3.30.